The highest BCUT2D eigenvalue weighted by Crippen LogP contribution is 2.35. The topological polar surface area (TPSA) is 45.7 Å². The molecule has 24 heavy (non-hydrogen) atoms. The van der Waals surface area contributed by atoms with Crippen LogP contribution in [-0.2, 0) is 4.79 Å². The highest BCUT2D eigenvalue weighted by molar-refractivity contribution is 5.89. The van der Waals surface area contributed by atoms with Crippen molar-refractivity contribution >= 4 is 22.6 Å². The summed E-state index contributed by atoms with van der Waals surface area (Å²) in [6, 6.07) is 8.59. The van der Waals surface area contributed by atoms with E-state index < -0.39 is 0 Å². The van der Waals surface area contributed by atoms with Crippen LogP contribution in [0.5, 0.6) is 5.75 Å². The maximum absolute atomic E-state index is 12.0. The molecule has 0 radical (unpaired) electrons. The number of amides is 1. The zero-order valence-electron chi connectivity index (χ0n) is 14.5. The largest absolute Gasteiger partial charge is 0.494 e. The van der Waals surface area contributed by atoms with Gasteiger partial charge in [0.25, 0.3) is 0 Å². The third kappa shape index (κ3) is 2.30. The molecule has 2 aliphatic heterocycles. The van der Waals surface area contributed by atoms with Crippen molar-refractivity contribution in [3.8, 4) is 5.75 Å². The summed E-state index contributed by atoms with van der Waals surface area (Å²) in [5, 5.41) is 1.13. The Kier molecular flexibility index (Phi) is 3.59. The Balaban J connectivity index is 1.69. The minimum Gasteiger partial charge on any atom is -0.494 e. The number of rotatable bonds is 2. The molecule has 1 aromatic carbocycles. The zero-order chi connectivity index (χ0) is 16.8. The highest BCUT2D eigenvalue weighted by Gasteiger charge is 2.41. The molecule has 2 saturated heterocycles. The molecule has 0 unspecified atom stereocenters. The van der Waals surface area contributed by atoms with Crippen LogP contribution >= 0.6 is 0 Å². The Morgan fingerprint density at radius 2 is 2.17 bits per heavy atom. The van der Waals surface area contributed by atoms with Gasteiger partial charge >= 0.3 is 0 Å². The zero-order valence-corrected chi connectivity index (χ0v) is 14.5. The van der Waals surface area contributed by atoms with Crippen LogP contribution in [0.2, 0.25) is 0 Å². The van der Waals surface area contributed by atoms with Gasteiger partial charge in [0.05, 0.1) is 7.11 Å². The molecular weight excluding hydrogens is 302 g/mol. The van der Waals surface area contributed by atoms with Gasteiger partial charge in [-0.05, 0) is 31.0 Å². The number of ether oxygens (including phenoxy) is 1. The second kappa shape index (κ2) is 5.65. The van der Waals surface area contributed by atoms with Gasteiger partial charge in [-0.25, -0.2) is 4.98 Å². The van der Waals surface area contributed by atoms with Crippen molar-refractivity contribution in [1.29, 1.82) is 0 Å². The van der Waals surface area contributed by atoms with E-state index in [2.05, 4.69) is 24.0 Å². The van der Waals surface area contributed by atoms with Gasteiger partial charge in [-0.1, -0.05) is 12.1 Å². The van der Waals surface area contributed by atoms with E-state index in [1.54, 1.807) is 7.11 Å². The van der Waals surface area contributed by atoms with Crippen LogP contribution in [0.25, 0.3) is 10.9 Å². The predicted molar refractivity (Wildman–Crippen MR) is 94.5 cm³/mol. The third-order valence-corrected chi connectivity index (χ3v) is 5.56. The third-order valence-electron chi connectivity index (χ3n) is 5.56. The van der Waals surface area contributed by atoms with Crippen molar-refractivity contribution in [2.75, 3.05) is 32.1 Å². The van der Waals surface area contributed by atoms with Crippen molar-refractivity contribution in [2.24, 2.45) is 5.92 Å². The number of carbonyl (C=O) groups is 1. The van der Waals surface area contributed by atoms with E-state index in [1.807, 2.05) is 24.1 Å². The van der Waals surface area contributed by atoms with Crippen molar-refractivity contribution in [2.45, 2.75) is 25.8 Å². The summed E-state index contributed by atoms with van der Waals surface area (Å²) in [4.78, 5) is 21.1. The van der Waals surface area contributed by atoms with Gasteiger partial charge in [0, 0.05) is 43.9 Å². The molecule has 2 atom stereocenters. The maximum atomic E-state index is 12.0. The number of aromatic nitrogens is 1. The summed E-state index contributed by atoms with van der Waals surface area (Å²) in [5.74, 6) is 2.48. The lowest BCUT2D eigenvalue weighted by Crippen LogP contribution is -2.45. The van der Waals surface area contributed by atoms with E-state index in [-0.39, 0.29) is 5.91 Å². The first-order valence-electron chi connectivity index (χ1n) is 8.53. The van der Waals surface area contributed by atoms with Crippen LogP contribution in [-0.4, -0.2) is 49.1 Å². The molecule has 1 amide bonds. The number of carbonyl (C=O) groups excluding carboxylic acids is 1. The number of benzene rings is 1. The lowest BCUT2D eigenvalue weighted by atomic mass is 9.93. The number of anilines is 1. The number of fused-ring (bicyclic) bond motifs is 2. The fraction of sp³-hybridized carbons (Fsp3) is 0.474. The molecule has 2 fully saturated rings. The number of piperidine rings is 1. The first kappa shape index (κ1) is 15.2. The first-order valence-corrected chi connectivity index (χ1v) is 8.53. The number of methoxy groups -OCH3 is 1. The first-order chi connectivity index (χ1) is 11.6. The lowest BCUT2D eigenvalue weighted by Gasteiger charge is -2.37. The molecule has 5 heteroatoms. The van der Waals surface area contributed by atoms with E-state index in [0.717, 1.165) is 42.0 Å². The fourth-order valence-corrected chi connectivity index (χ4v) is 4.19. The van der Waals surface area contributed by atoms with E-state index in [4.69, 9.17) is 9.72 Å². The Morgan fingerprint density at radius 1 is 1.33 bits per heavy atom. The van der Waals surface area contributed by atoms with Crippen LogP contribution < -0.4 is 9.64 Å². The maximum Gasteiger partial charge on any atom is 0.222 e. The predicted octanol–water partition coefficient (Wildman–Crippen LogP) is 2.61. The van der Waals surface area contributed by atoms with Gasteiger partial charge in [-0.2, -0.15) is 0 Å². The summed E-state index contributed by atoms with van der Waals surface area (Å²) < 4.78 is 5.49. The second-order valence-electron chi connectivity index (χ2n) is 6.92. The van der Waals surface area contributed by atoms with E-state index in [0.29, 0.717) is 18.4 Å². The van der Waals surface area contributed by atoms with Gasteiger partial charge in [0.15, 0.2) is 0 Å². The number of pyridine rings is 1. The number of para-hydroxylation sites is 1. The number of aryl methyl sites for hydroxylation is 1. The summed E-state index contributed by atoms with van der Waals surface area (Å²) in [5.41, 5.74) is 2.12. The van der Waals surface area contributed by atoms with E-state index in [9.17, 15) is 4.79 Å². The fourth-order valence-electron chi connectivity index (χ4n) is 4.19. The smallest absolute Gasteiger partial charge is 0.222 e. The molecule has 0 bridgehead atoms. The molecule has 0 aliphatic carbocycles. The van der Waals surface area contributed by atoms with Crippen molar-refractivity contribution in [3.63, 3.8) is 0 Å². The molecule has 0 saturated carbocycles. The Bertz CT molecular complexity index is 805. The van der Waals surface area contributed by atoms with Crippen molar-refractivity contribution in [1.82, 2.24) is 9.88 Å². The summed E-state index contributed by atoms with van der Waals surface area (Å²) in [7, 11) is 3.62. The van der Waals surface area contributed by atoms with E-state index in [1.165, 1.54) is 5.56 Å². The van der Waals surface area contributed by atoms with E-state index >= 15 is 0 Å². The van der Waals surface area contributed by atoms with Crippen molar-refractivity contribution < 1.29 is 9.53 Å². The van der Waals surface area contributed by atoms with Crippen molar-refractivity contribution in [3.05, 3.63) is 29.8 Å². The molecule has 0 spiro atoms. The van der Waals surface area contributed by atoms with Gasteiger partial charge in [0.1, 0.15) is 17.1 Å². The van der Waals surface area contributed by atoms with Crippen LogP contribution in [0.15, 0.2) is 24.3 Å². The molecular formula is C19H23N3O2. The normalized spacial score (nSPS) is 23.7. The number of hydrogen-bond donors (Lipinski definition) is 0. The Hall–Kier alpha value is -2.30. The molecule has 5 nitrogen and oxygen atoms in total. The molecule has 0 N–H and O–H groups in total. The van der Waals surface area contributed by atoms with Gasteiger partial charge in [0.2, 0.25) is 5.91 Å². The van der Waals surface area contributed by atoms with Gasteiger partial charge in [-0.3, -0.25) is 4.79 Å². The second-order valence-corrected chi connectivity index (χ2v) is 6.92. The SMILES string of the molecule is COc1cccc2c(C)cc(N3CC[C@H]4[C@H](CC(=O)N4C)C3)nc12. The molecule has 2 aromatic rings. The molecule has 1 aromatic heterocycles. The standard InChI is InChI=1S/C19H23N3O2/c1-12-9-17(20-19-14(12)5-4-6-16(19)24-3)22-8-7-15-13(11-22)10-18(23)21(15)2/h4-6,9,13,15H,7-8,10-11H2,1-3H3/t13-,15+/m1/s1. The average Bonchev–Trinajstić information content (AvgIpc) is 2.88. The molecule has 3 heterocycles. The van der Waals surface area contributed by atoms with Gasteiger partial charge in [-0.15, -0.1) is 0 Å². The minimum absolute atomic E-state index is 0.274. The quantitative estimate of drug-likeness (QED) is 0.851. The number of hydrogen-bond acceptors (Lipinski definition) is 4. The Morgan fingerprint density at radius 3 is 2.96 bits per heavy atom. The molecule has 126 valence electrons. The summed E-state index contributed by atoms with van der Waals surface area (Å²) in [6.07, 6.45) is 1.67. The van der Waals surface area contributed by atoms with Gasteiger partial charge < -0.3 is 14.5 Å². The van der Waals surface area contributed by atoms with Crippen LogP contribution in [0, 0.1) is 12.8 Å². The minimum atomic E-state index is 0.274. The summed E-state index contributed by atoms with van der Waals surface area (Å²) in [6.45, 7) is 3.95. The average molecular weight is 325 g/mol. The summed E-state index contributed by atoms with van der Waals surface area (Å²) >= 11 is 0. The van der Waals surface area contributed by atoms with Crippen LogP contribution in [0.4, 0.5) is 5.82 Å². The lowest BCUT2D eigenvalue weighted by molar-refractivity contribution is -0.127. The number of likely N-dealkylation sites (tertiary alicyclic amines) is 1. The highest BCUT2D eigenvalue weighted by atomic mass is 16.5. The van der Waals surface area contributed by atoms with Crippen LogP contribution in [0.3, 0.4) is 0 Å². The number of nitrogens with zero attached hydrogens (tertiary/aromatic N) is 3. The Labute approximate surface area is 142 Å². The molecule has 4 rings (SSSR count). The molecule has 2 aliphatic rings. The monoisotopic (exact) mass is 325 g/mol. The van der Waals surface area contributed by atoms with Crippen LogP contribution in [0.1, 0.15) is 18.4 Å².